The van der Waals surface area contributed by atoms with Crippen molar-refractivity contribution < 1.29 is 9.59 Å². The standard InChI is InChI=1S/C17H15NO2/c1-8-5-12-13(17(8)20)6-10-7-18-14-4-3-11(9(2)19)16(12)15(10)14/h3-4,6-8,11,18H,5H2,1-2H3. The van der Waals surface area contributed by atoms with Crippen LogP contribution in [0.3, 0.4) is 0 Å². The van der Waals surface area contributed by atoms with E-state index in [4.69, 9.17) is 0 Å². The molecule has 3 nitrogen and oxygen atoms in total. The van der Waals surface area contributed by atoms with Gasteiger partial charge in [0, 0.05) is 34.1 Å². The highest BCUT2D eigenvalue weighted by Gasteiger charge is 2.34. The molecule has 2 atom stereocenters. The first-order valence-electron chi connectivity index (χ1n) is 6.97. The molecule has 1 N–H and O–H groups in total. The summed E-state index contributed by atoms with van der Waals surface area (Å²) in [4.78, 5) is 27.5. The molecule has 0 fully saturated rings. The Kier molecular flexibility index (Phi) is 2.15. The average Bonchev–Trinajstić information content (AvgIpc) is 2.95. The van der Waals surface area contributed by atoms with E-state index >= 15 is 0 Å². The van der Waals surface area contributed by atoms with Crippen LogP contribution in [0.4, 0.5) is 0 Å². The predicted molar refractivity (Wildman–Crippen MR) is 78.0 cm³/mol. The normalized spacial score (nSPS) is 23.4. The number of fused-ring (bicyclic) bond motifs is 2. The summed E-state index contributed by atoms with van der Waals surface area (Å²) >= 11 is 0. The molecule has 0 bridgehead atoms. The minimum atomic E-state index is -0.214. The Morgan fingerprint density at radius 2 is 2.20 bits per heavy atom. The topological polar surface area (TPSA) is 49.9 Å². The number of allylic oxidation sites excluding steroid dienone is 1. The Balaban J connectivity index is 2.13. The van der Waals surface area contributed by atoms with Crippen molar-refractivity contribution in [2.45, 2.75) is 26.2 Å². The van der Waals surface area contributed by atoms with Crippen LogP contribution in [0.15, 0.2) is 18.3 Å². The van der Waals surface area contributed by atoms with Gasteiger partial charge in [-0.3, -0.25) is 9.59 Å². The van der Waals surface area contributed by atoms with E-state index in [-0.39, 0.29) is 23.4 Å². The van der Waals surface area contributed by atoms with E-state index in [1.165, 1.54) is 0 Å². The zero-order valence-corrected chi connectivity index (χ0v) is 11.5. The molecule has 0 saturated heterocycles. The van der Waals surface area contributed by atoms with Crippen LogP contribution in [0.1, 0.15) is 46.9 Å². The average molecular weight is 265 g/mol. The number of nitrogens with one attached hydrogen (secondary N) is 1. The third-order valence-corrected chi connectivity index (χ3v) is 4.59. The maximum Gasteiger partial charge on any atom is 0.166 e. The van der Waals surface area contributed by atoms with Gasteiger partial charge in [-0.15, -0.1) is 0 Å². The van der Waals surface area contributed by atoms with Gasteiger partial charge in [0.1, 0.15) is 5.78 Å². The van der Waals surface area contributed by atoms with E-state index in [0.29, 0.717) is 0 Å². The number of aromatic amines is 1. The lowest BCUT2D eigenvalue weighted by Gasteiger charge is -2.20. The molecule has 100 valence electrons. The smallest absolute Gasteiger partial charge is 0.166 e. The molecule has 2 aromatic rings. The summed E-state index contributed by atoms with van der Waals surface area (Å²) in [6.45, 7) is 3.59. The van der Waals surface area contributed by atoms with Gasteiger partial charge in [0.25, 0.3) is 0 Å². The molecule has 0 saturated carbocycles. The third-order valence-electron chi connectivity index (χ3n) is 4.59. The fourth-order valence-electron chi connectivity index (χ4n) is 3.61. The van der Waals surface area contributed by atoms with E-state index < -0.39 is 0 Å². The number of H-pyrrole nitrogens is 1. The number of carbonyl (C=O) groups is 2. The van der Waals surface area contributed by atoms with Crippen LogP contribution in [-0.4, -0.2) is 16.6 Å². The van der Waals surface area contributed by atoms with Crippen molar-refractivity contribution in [1.82, 2.24) is 4.98 Å². The van der Waals surface area contributed by atoms with Crippen LogP contribution >= 0.6 is 0 Å². The largest absolute Gasteiger partial charge is 0.361 e. The lowest BCUT2D eigenvalue weighted by Crippen LogP contribution is -2.12. The van der Waals surface area contributed by atoms with Crippen LogP contribution in [0.25, 0.3) is 16.8 Å². The number of rotatable bonds is 1. The molecule has 0 amide bonds. The second-order valence-electron chi connectivity index (χ2n) is 5.90. The summed E-state index contributed by atoms with van der Waals surface area (Å²) in [6, 6.07) is 1.98. The molecule has 1 aromatic carbocycles. The molecule has 4 rings (SSSR count). The summed E-state index contributed by atoms with van der Waals surface area (Å²) < 4.78 is 0. The maximum absolute atomic E-state index is 12.3. The lowest BCUT2D eigenvalue weighted by atomic mass is 9.82. The van der Waals surface area contributed by atoms with Crippen molar-refractivity contribution in [1.29, 1.82) is 0 Å². The van der Waals surface area contributed by atoms with Gasteiger partial charge in [-0.25, -0.2) is 0 Å². The van der Waals surface area contributed by atoms with Gasteiger partial charge >= 0.3 is 0 Å². The van der Waals surface area contributed by atoms with Crippen molar-refractivity contribution >= 4 is 28.4 Å². The molecule has 1 heterocycles. The Hall–Kier alpha value is -2.16. The minimum Gasteiger partial charge on any atom is -0.361 e. The summed E-state index contributed by atoms with van der Waals surface area (Å²) in [5.74, 6) is 0.153. The van der Waals surface area contributed by atoms with Gasteiger partial charge in [0.05, 0.1) is 5.92 Å². The lowest BCUT2D eigenvalue weighted by molar-refractivity contribution is -0.117. The first-order valence-corrected chi connectivity index (χ1v) is 6.97. The van der Waals surface area contributed by atoms with E-state index in [1.54, 1.807) is 6.92 Å². The van der Waals surface area contributed by atoms with Crippen molar-refractivity contribution in [2.75, 3.05) is 0 Å². The number of hydrogen-bond donors (Lipinski definition) is 1. The Morgan fingerprint density at radius 3 is 2.95 bits per heavy atom. The quantitative estimate of drug-likeness (QED) is 0.860. The van der Waals surface area contributed by atoms with Crippen molar-refractivity contribution in [3.05, 3.63) is 40.7 Å². The molecule has 0 spiro atoms. The maximum atomic E-state index is 12.3. The Bertz CT molecular complexity index is 810. The molecular weight excluding hydrogens is 250 g/mol. The van der Waals surface area contributed by atoms with Crippen LogP contribution in [0, 0.1) is 5.92 Å². The molecule has 1 aromatic heterocycles. The molecule has 20 heavy (non-hydrogen) atoms. The SMILES string of the molecule is CC(=O)C1C=Cc2[nH]cc3cc4c(c1c23)CC(C)C4=O. The fourth-order valence-corrected chi connectivity index (χ4v) is 3.61. The number of Topliss-reactive ketones (excluding diaryl/α,β-unsaturated/α-hetero) is 2. The van der Waals surface area contributed by atoms with Gasteiger partial charge in [0.15, 0.2) is 5.78 Å². The van der Waals surface area contributed by atoms with Crippen LogP contribution < -0.4 is 0 Å². The van der Waals surface area contributed by atoms with E-state index in [0.717, 1.165) is 39.6 Å². The molecule has 2 aliphatic rings. The van der Waals surface area contributed by atoms with E-state index in [2.05, 4.69) is 4.98 Å². The molecule has 2 aliphatic carbocycles. The van der Waals surface area contributed by atoms with Crippen molar-refractivity contribution in [3.63, 3.8) is 0 Å². The molecule has 3 heteroatoms. The number of hydrogen-bond acceptors (Lipinski definition) is 2. The van der Waals surface area contributed by atoms with E-state index in [1.807, 2.05) is 31.3 Å². The highest BCUT2D eigenvalue weighted by Crippen LogP contribution is 2.42. The van der Waals surface area contributed by atoms with Gasteiger partial charge < -0.3 is 4.98 Å². The van der Waals surface area contributed by atoms with Gasteiger partial charge in [0.2, 0.25) is 0 Å². The Labute approximate surface area is 116 Å². The zero-order valence-electron chi connectivity index (χ0n) is 11.5. The summed E-state index contributed by atoms with van der Waals surface area (Å²) in [6.07, 6.45) is 6.61. The molecule has 0 radical (unpaired) electrons. The molecular formula is C17H15NO2. The highest BCUT2D eigenvalue weighted by atomic mass is 16.1. The summed E-state index contributed by atoms with van der Waals surface area (Å²) in [5, 5.41) is 2.15. The molecule has 0 aliphatic heterocycles. The minimum absolute atomic E-state index is 0.0266. The summed E-state index contributed by atoms with van der Waals surface area (Å²) in [7, 11) is 0. The Morgan fingerprint density at radius 1 is 1.40 bits per heavy atom. The van der Waals surface area contributed by atoms with Gasteiger partial charge in [-0.1, -0.05) is 13.0 Å². The van der Waals surface area contributed by atoms with Crippen LogP contribution in [0.2, 0.25) is 0 Å². The van der Waals surface area contributed by atoms with Gasteiger partial charge in [-0.05, 0) is 36.6 Å². The summed E-state index contributed by atoms with van der Waals surface area (Å²) in [5.41, 5.74) is 4.00. The van der Waals surface area contributed by atoms with Gasteiger partial charge in [-0.2, -0.15) is 0 Å². The number of aromatic nitrogens is 1. The first-order chi connectivity index (χ1) is 9.58. The van der Waals surface area contributed by atoms with Crippen molar-refractivity contribution in [3.8, 4) is 0 Å². The monoisotopic (exact) mass is 265 g/mol. The number of benzene rings is 1. The predicted octanol–water partition coefficient (Wildman–Crippen LogP) is 3.24. The fraction of sp³-hybridized carbons (Fsp3) is 0.294. The molecule has 2 unspecified atom stereocenters. The second-order valence-corrected chi connectivity index (χ2v) is 5.90. The van der Waals surface area contributed by atoms with Crippen molar-refractivity contribution in [2.24, 2.45) is 5.92 Å². The van der Waals surface area contributed by atoms with E-state index in [9.17, 15) is 9.59 Å². The number of carbonyl (C=O) groups excluding carboxylic acids is 2. The highest BCUT2D eigenvalue weighted by molar-refractivity contribution is 6.10. The van der Waals surface area contributed by atoms with Crippen LogP contribution in [-0.2, 0) is 11.2 Å². The second kappa shape index (κ2) is 3.69. The number of ketones is 2. The third kappa shape index (κ3) is 1.30. The zero-order chi connectivity index (χ0) is 14.0. The first kappa shape index (κ1) is 11.6. The van der Waals surface area contributed by atoms with Crippen LogP contribution in [0.5, 0.6) is 0 Å².